The standard InChI is InChI=1S/C18H21N5O2/c1-12-9-19-21-18(12)16-11-25-8-7-22(16)17(24)10-23-13(2)20-14-5-3-4-6-15(14)23/h3-6,9,16H,7-8,10-11H2,1-2H3,(H,19,21)/t16-/m0/s1. The van der Waals surface area contributed by atoms with Crippen molar-refractivity contribution in [1.29, 1.82) is 0 Å². The number of benzene rings is 1. The summed E-state index contributed by atoms with van der Waals surface area (Å²) in [7, 11) is 0. The van der Waals surface area contributed by atoms with Gasteiger partial charge in [-0.15, -0.1) is 0 Å². The molecule has 0 aliphatic carbocycles. The van der Waals surface area contributed by atoms with E-state index in [4.69, 9.17) is 4.74 Å². The fraction of sp³-hybridized carbons (Fsp3) is 0.389. The molecule has 1 saturated heterocycles. The molecule has 0 unspecified atom stereocenters. The number of para-hydroxylation sites is 2. The molecule has 3 heterocycles. The first-order valence-electron chi connectivity index (χ1n) is 8.44. The van der Waals surface area contributed by atoms with E-state index in [0.717, 1.165) is 28.1 Å². The van der Waals surface area contributed by atoms with Crippen LogP contribution in [0.25, 0.3) is 11.0 Å². The largest absolute Gasteiger partial charge is 0.377 e. The molecule has 3 aromatic rings. The third-order valence-corrected chi connectivity index (χ3v) is 4.79. The van der Waals surface area contributed by atoms with Crippen LogP contribution in [0.5, 0.6) is 0 Å². The van der Waals surface area contributed by atoms with Gasteiger partial charge in [-0.2, -0.15) is 5.10 Å². The number of aromatic amines is 1. The Morgan fingerprint density at radius 3 is 3.00 bits per heavy atom. The number of H-pyrrole nitrogens is 1. The number of hydrogen-bond acceptors (Lipinski definition) is 4. The molecule has 130 valence electrons. The number of hydrogen-bond donors (Lipinski definition) is 1. The van der Waals surface area contributed by atoms with Crippen LogP contribution in [0.2, 0.25) is 0 Å². The summed E-state index contributed by atoms with van der Waals surface area (Å²) in [6.45, 7) is 5.81. The van der Waals surface area contributed by atoms with Crippen molar-refractivity contribution in [3.05, 3.63) is 47.5 Å². The predicted octanol–water partition coefficient (Wildman–Crippen LogP) is 1.98. The Bertz CT molecular complexity index is 913. The lowest BCUT2D eigenvalue weighted by molar-refractivity contribution is -0.141. The first-order valence-corrected chi connectivity index (χ1v) is 8.44. The number of aryl methyl sites for hydroxylation is 2. The molecule has 1 fully saturated rings. The second-order valence-corrected chi connectivity index (χ2v) is 6.38. The molecule has 0 bridgehead atoms. The van der Waals surface area contributed by atoms with Gasteiger partial charge >= 0.3 is 0 Å². The average molecular weight is 339 g/mol. The molecule has 7 nitrogen and oxygen atoms in total. The summed E-state index contributed by atoms with van der Waals surface area (Å²) in [5.41, 5.74) is 3.88. The molecule has 0 saturated carbocycles. The molecule has 0 spiro atoms. The van der Waals surface area contributed by atoms with Gasteiger partial charge in [-0.25, -0.2) is 4.98 Å². The Morgan fingerprint density at radius 1 is 1.36 bits per heavy atom. The second kappa shape index (κ2) is 6.33. The summed E-state index contributed by atoms with van der Waals surface area (Å²) in [6, 6.07) is 7.77. The van der Waals surface area contributed by atoms with Crippen LogP contribution in [-0.2, 0) is 16.1 Å². The molecule has 2 aromatic heterocycles. The first-order chi connectivity index (χ1) is 12.1. The number of nitrogens with zero attached hydrogens (tertiary/aromatic N) is 4. The van der Waals surface area contributed by atoms with Crippen LogP contribution < -0.4 is 0 Å². The maximum Gasteiger partial charge on any atom is 0.243 e. The van der Waals surface area contributed by atoms with E-state index in [1.165, 1.54) is 0 Å². The Labute approximate surface area is 145 Å². The van der Waals surface area contributed by atoms with Crippen LogP contribution in [0.4, 0.5) is 0 Å². The zero-order valence-corrected chi connectivity index (χ0v) is 14.4. The van der Waals surface area contributed by atoms with E-state index in [0.29, 0.717) is 19.8 Å². The first kappa shape index (κ1) is 15.8. The number of amides is 1. The maximum atomic E-state index is 13.1. The zero-order chi connectivity index (χ0) is 17.4. The topological polar surface area (TPSA) is 76.0 Å². The minimum atomic E-state index is -0.126. The van der Waals surface area contributed by atoms with Gasteiger partial charge in [-0.05, 0) is 31.5 Å². The lowest BCUT2D eigenvalue weighted by atomic mass is 10.1. The molecular formula is C18H21N5O2. The van der Waals surface area contributed by atoms with E-state index in [1.807, 2.05) is 47.6 Å². The van der Waals surface area contributed by atoms with E-state index < -0.39 is 0 Å². The number of carbonyl (C=O) groups is 1. The van der Waals surface area contributed by atoms with Gasteiger partial charge in [0.2, 0.25) is 5.91 Å². The normalized spacial score (nSPS) is 18.0. The highest BCUT2D eigenvalue weighted by atomic mass is 16.5. The lowest BCUT2D eigenvalue weighted by Crippen LogP contribution is -2.45. The van der Waals surface area contributed by atoms with Crippen molar-refractivity contribution < 1.29 is 9.53 Å². The number of aromatic nitrogens is 4. The van der Waals surface area contributed by atoms with Gasteiger partial charge in [-0.1, -0.05) is 12.1 Å². The predicted molar refractivity (Wildman–Crippen MR) is 93.1 cm³/mol. The van der Waals surface area contributed by atoms with Gasteiger partial charge in [0.25, 0.3) is 0 Å². The molecule has 1 amide bonds. The molecule has 0 radical (unpaired) electrons. The molecule has 1 aliphatic heterocycles. The molecule has 4 rings (SSSR count). The van der Waals surface area contributed by atoms with Crippen molar-refractivity contribution in [2.24, 2.45) is 0 Å². The SMILES string of the molecule is Cc1cn[nH]c1[C@@H]1COCCN1C(=O)Cn1c(C)nc2ccccc21. The monoisotopic (exact) mass is 339 g/mol. The van der Waals surface area contributed by atoms with Gasteiger partial charge in [0.15, 0.2) is 0 Å². The van der Waals surface area contributed by atoms with Crippen LogP contribution in [0, 0.1) is 13.8 Å². The quantitative estimate of drug-likeness (QED) is 0.792. The van der Waals surface area contributed by atoms with E-state index in [2.05, 4.69) is 15.2 Å². The molecule has 1 atom stereocenters. The van der Waals surface area contributed by atoms with Gasteiger partial charge in [0.1, 0.15) is 12.4 Å². The number of carbonyl (C=O) groups excluding carboxylic acids is 1. The maximum absolute atomic E-state index is 13.1. The van der Waals surface area contributed by atoms with Gasteiger partial charge in [0.05, 0.1) is 42.2 Å². The number of morpholine rings is 1. The highest BCUT2D eigenvalue weighted by Gasteiger charge is 2.31. The van der Waals surface area contributed by atoms with Crippen LogP contribution in [0.1, 0.15) is 23.1 Å². The molecule has 7 heteroatoms. The zero-order valence-electron chi connectivity index (χ0n) is 14.4. The van der Waals surface area contributed by atoms with Crippen LogP contribution in [-0.4, -0.2) is 50.3 Å². The van der Waals surface area contributed by atoms with Crippen molar-refractivity contribution in [3.63, 3.8) is 0 Å². The lowest BCUT2D eigenvalue weighted by Gasteiger charge is -2.35. The Hall–Kier alpha value is -2.67. The Balaban J connectivity index is 1.62. The van der Waals surface area contributed by atoms with Crippen molar-refractivity contribution in [3.8, 4) is 0 Å². The van der Waals surface area contributed by atoms with Crippen molar-refractivity contribution in [2.45, 2.75) is 26.4 Å². The third kappa shape index (κ3) is 2.80. The van der Waals surface area contributed by atoms with Gasteiger partial charge < -0.3 is 14.2 Å². The van der Waals surface area contributed by atoms with E-state index in [1.54, 1.807) is 6.20 Å². The summed E-state index contributed by atoms with van der Waals surface area (Å²) in [4.78, 5) is 19.5. The highest BCUT2D eigenvalue weighted by molar-refractivity contribution is 5.81. The van der Waals surface area contributed by atoms with Crippen LogP contribution in [0.15, 0.2) is 30.5 Å². The molecular weight excluding hydrogens is 318 g/mol. The summed E-state index contributed by atoms with van der Waals surface area (Å²) < 4.78 is 7.59. The smallest absolute Gasteiger partial charge is 0.243 e. The summed E-state index contributed by atoms with van der Waals surface area (Å²) in [6.07, 6.45) is 1.78. The molecule has 25 heavy (non-hydrogen) atoms. The Kier molecular flexibility index (Phi) is 4.01. The number of imidazole rings is 1. The summed E-state index contributed by atoms with van der Waals surface area (Å²) in [5.74, 6) is 0.908. The molecule has 1 N–H and O–H groups in total. The molecule has 1 aromatic carbocycles. The van der Waals surface area contributed by atoms with E-state index in [-0.39, 0.29) is 18.5 Å². The summed E-state index contributed by atoms with van der Waals surface area (Å²) in [5, 5.41) is 7.10. The average Bonchev–Trinajstić information content (AvgIpc) is 3.18. The van der Waals surface area contributed by atoms with Crippen molar-refractivity contribution in [2.75, 3.05) is 19.8 Å². The fourth-order valence-electron chi connectivity index (χ4n) is 3.46. The van der Waals surface area contributed by atoms with Crippen molar-refractivity contribution in [1.82, 2.24) is 24.6 Å². The number of ether oxygens (including phenoxy) is 1. The van der Waals surface area contributed by atoms with Crippen molar-refractivity contribution >= 4 is 16.9 Å². The van der Waals surface area contributed by atoms with E-state index >= 15 is 0 Å². The fourth-order valence-corrected chi connectivity index (χ4v) is 3.46. The van der Waals surface area contributed by atoms with Gasteiger partial charge in [-0.3, -0.25) is 9.89 Å². The second-order valence-electron chi connectivity index (χ2n) is 6.38. The minimum absolute atomic E-state index is 0.0635. The summed E-state index contributed by atoms with van der Waals surface area (Å²) >= 11 is 0. The minimum Gasteiger partial charge on any atom is -0.377 e. The number of nitrogens with one attached hydrogen (secondary N) is 1. The third-order valence-electron chi connectivity index (χ3n) is 4.79. The van der Waals surface area contributed by atoms with Crippen LogP contribution in [0.3, 0.4) is 0 Å². The number of rotatable bonds is 3. The van der Waals surface area contributed by atoms with Crippen LogP contribution >= 0.6 is 0 Å². The number of fused-ring (bicyclic) bond motifs is 1. The van der Waals surface area contributed by atoms with Gasteiger partial charge in [0, 0.05) is 6.54 Å². The highest BCUT2D eigenvalue weighted by Crippen LogP contribution is 2.26. The Morgan fingerprint density at radius 2 is 2.20 bits per heavy atom. The molecule has 1 aliphatic rings. The van der Waals surface area contributed by atoms with E-state index in [9.17, 15) is 4.79 Å².